The van der Waals surface area contributed by atoms with Gasteiger partial charge in [0.05, 0.1) is 5.02 Å². The van der Waals surface area contributed by atoms with Gasteiger partial charge in [0, 0.05) is 6.20 Å². The third-order valence-electron chi connectivity index (χ3n) is 1.02. The zero-order valence-electron chi connectivity index (χ0n) is 5.62. The van der Waals surface area contributed by atoms with Crippen molar-refractivity contribution in [3.8, 4) is 0 Å². The summed E-state index contributed by atoms with van der Waals surface area (Å²) in [6.07, 6.45) is 1.30. The van der Waals surface area contributed by atoms with Gasteiger partial charge in [-0.15, -0.1) is 5.43 Å². The summed E-state index contributed by atoms with van der Waals surface area (Å²) in [4.78, 5) is 13.6. The van der Waals surface area contributed by atoms with E-state index in [1.54, 1.807) is 0 Å². The van der Waals surface area contributed by atoms with E-state index in [-0.39, 0.29) is 15.9 Å². The van der Waals surface area contributed by atoms with Crippen molar-refractivity contribution < 1.29 is 5.03 Å². The van der Waals surface area contributed by atoms with E-state index >= 15 is 0 Å². The van der Waals surface area contributed by atoms with Gasteiger partial charge in [-0.05, 0) is 6.07 Å². The lowest BCUT2D eigenvalue weighted by atomic mass is 10.4. The van der Waals surface area contributed by atoms with Gasteiger partial charge >= 0.3 is 0 Å². The fourth-order valence-corrected chi connectivity index (χ4v) is 0.903. The topological polar surface area (TPSA) is 68.1 Å². The Morgan fingerprint density at radius 3 is 2.83 bits per heavy atom. The van der Waals surface area contributed by atoms with Gasteiger partial charge in [-0.2, -0.15) is 0 Å². The van der Waals surface area contributed by atoms with Crippen molar-refractivity contribution in [2.45, 2.75) is 0 Å². The number of halogens is 2. The minimum atomic E-state index is -0.737. The maximum Gasteiger partial charge on any atom is 0.162 e. The van der Waals surface area contributed by atoms with E-state index in [4.69, 9.17) is 23.2 Å². The van der Waals surface area contributed by atoms with Crippen LogP contribution in [0.5, 0.6) is 0 Å². The second-order valence-electron chi connectivity index (χ2n) is 1.86. The van der Waals surface area contributed by atoms with Crippen LogP contribution in [0.4, 0.5) is 5.69 Å². The van der Waals surface area contributed by atoms with Crippen molar-refractivity contribution in [1.82, 2.24) is 4.98 Å². The van der Waals surface area contributed by atoms with E-state index in [1.807, 2.05) is 5.43 Å². The van der Waals surface area contributed by atoms with Crippen LogP contribution in [0.3, 0.4) is 0 Å². The first-order chi connectivity index (χ1) is 5.59. The normalized spacial score (nSPS) is 9.50. The van der Waals surface area contributed by atoms with Crippen LogP contribution >= 0.6 is 23.2 Å². The zero-order chi connectivity index (χ0) is 9.14. The standard InChI is InChI=1S/C5H3Cl2N3O2/c6-3-1-4(9-10(11)12)5(7)8-2-3/h1-2,9H. The number of nitrogens with one attached hydrogen (secondary N) is 1. The van der Waals surface area contributed by atoms with E-state index in [9.17, 15) is 10.1 Å². The average molecular weight is 208 g/mol. The molecular formula is C5H3Cl2N3O2. The smallest absolute Gasteiger partial charge is 0.162 e. The van der Waals surface area contributed by atoms with Gasteiger partial charge in [-0.1, -0.05) is 23.2 Å². The first kappa shape index (κ1) is 9.02. The summed E-state index contributed by atoms with van der Waals surface area (Å²) in [5.74, 6) is 0. The first-order valence-electron chi connectivity index (χ1n) is 2.81. The number of hydrazine groups is 1. The summed E-state index contributed by atoms with van der Waals surface area (Å²) >= 11 is 11.0. The lowest BCUT2D eigenvalue weighted by Gasteiger charge is -1.98. The van der Waals surface area contributed by atoms with Crippen LogP contribution in [0, 0.1) is 10.1 Å². The molecule has 0 saturated heterocycles. The van der Waals surface area contributed by atoms with Gasteiger partial charge < -0.3 is 0 Å². The maximum absolute atomic E-state index is 10.00. The number of nitrogens with zero attached hydrogens (tertiary/aromatic N) is 2. The molecule has 0 aromatic carbocycles. The van der Waals surface area contributed by atoms with Gasteiger partial charge in [0.2, 0.25) is 0 Å². The summed E-state index contributed by atoms with van der Waals surface area (Å²) < 4.78 is 0. The third-order valence-corrected chi connectivity index (χ3v) is 1.53. The minimum Gasteiger partial charge on any atom is -0.241 e. The van der Waals surface area contributed by atoms with Crippen LogP contribution in [0.1, 0.15) is 0 Å². The average Bonchev–Trinajstić information content (AvgIpc) is 1.96. The van der Waals surface area contributed by atoms with E-state index < -0.39 is 5.03 Å². The van der Waals surface area contributed by atoms with Crippen molar-refractivity contribution in [3.05, 3.63) is 32.6 Å². The zero-order valence-corrected chi connectivity index (χ0v) is 7.13. The highest BCUT2D eigenvalue weighted by molar-refractivity contribution is 6.34. The molecule has 0 amide bonds. The van der Waals surface area contributed by atoms with Crippen LogP contribution in [0.2, 0.25) is 10.2 Å². The molecule has 1 aromatic rings. The Kier molecular flexibility index (Phi) is 2.67. The number of aromatic nitrogens is 1. The molecule has 0 aliphatic heterocycles. The molecule has 0 unspecified atom stereocenters. The molecule has 7 heteroatoms. The van der Waals surface area contributed by atoms with Gasteiger partial charge in [-0.3, -0.25) is 0 Å². The van der Waals surface area contributed by atoms with Crippen molar-refractivity contribution in [1.29, 1.82) is 0 Å². The molecule has 5 nitrogen and oxygen atoms in total. The van der Waals surface area contributed by atoms with E-state index in [0.717, 1.165) is 0 Å². The lowest BCUT2D eigenvalue weighted by molar-refractivity contribution is -0.445. The number of anilines is 1. The molecule has 12 heavy (non-hydrogen) atoms. The number of pyridine rings is 1. The van der Waals surface area contributed by atoms with E-state index in [2.05, 4.69) is 4.98 Å². The monoisotopic (exact) mass is 207 g/mol. The Balaban J connectivity index is 2.97. The molecule has 0 fully saturated rings. The quantitative estimate of drug-likeness (QED) is 0.458. The number of nitro groups is 1. The molecular weight excluding hydrogens is 205 g/mol. The van der Waals surface area contributed by atoms with E-state index in [0.29, 0.717) is 0 Å². The molecule has 1 aromatic heterocycles. The maximum atomic E-state index is 10.00. The van der Waals surface area contributed by atoms with Crippen molar-refractivity contribution in [2.75, 3.05) is 5.43 Å². The number of hydrogen-bond donors (Lipinski definition) is 1. The molecule has 1 N–H and O–H groups in total. The second kappa shape index (κ2) is 3.55. The van der Waals surface area contributed by atoms with Gasteiger partial charge in [-0.25, -0.2) is 15.1 Å². The van der Waals surface area contributed by atoms with Crippen LogP contribution < -0.4 is 5.43 Å². The Hall–Kier alpha value is -1.07. The molecule has 0 saturated carbocycles. The molecule has 0 spiro atoms. The predicted molar refractivity (Wildman–Crippen MR) is 44.9 cm³/mol. The Morgan fingerprint density at radius 2 is 2.25 bits per heavy atom. The molecule has 64 valence electrons. The van der Waals surface area contributed by atoms with Crippen LogP contribution in [-0.4, -0.2) is 10.0 Å². The summed E-state index contributed by atoms with van der Waals surface area (Å²) in [6.45, 7) is 0. The van der Waals surface area contributed by atoms with Crippen molar-refractivity contribution >= 4 is 28.9 Å². The summed E-state index contributed by atoms with van der Waals surface area (Å²) in [6, 6.07) is 1.32. The van der Waals surface area contributed by atoms with Crippen LogP contribution in [0.15, 0.2) is 12.3 Å². The fourth-order valence-electron chi connectivity index (χ4n) is 0.599. The molecule has 0 atom stereocenters. The molecule has 0 aliphatic rings. The summed E-state index contributed by atoms with van der Waals surface area (Å²) in [5, 5.41) is 9.55. The predicted octanol–water partition coefficient (Wildman–Crippen LogP) is 1.99. The molecule has 1 heterocycles. The number of hydrogen-bond acceptors (Lipinski definition) is 3. The molecule has 0 bridgehead atoms. The summed E-state index contributed by atoms with van der Waals surface area (Å²) in [5.41, 5.74) is 1.94. The highest BCUT2D eigenvalue weighted by Crippen LogP contribution is 2.22. The van der Waals surface area contributed by atoms with Gasteiger partial charge in [0.25, 0.3) is 0 Å². The molecule has 1 rings (SSSR count). The van der Waals surface area contributed by atoms with Crippen molar-refractivity contribution in [2.24, 2.45) is 0 Å². The van der Waals surface area contributed by atoms with Gasteiger partial charge in [0.1, 0.15) is 5.69 Å². The highest BCUT2D eigenvalue weighted by Gasteiger charge is 2.06. The number of rotatable bonds is 2. The van der Waals surface area contributed by atoms with Crippen LogP contribution in [0.25, 0.3) is 0 Å². The van der Waals surface area contributed by atoms with Crippen LogP contribution in [-0.2, 0) is 0 Å². The second-order valence-corrected chi connectivity index (χ2v) is 2.66. The van der Waals surface area contributed by atoms with Gasteiger partial charge in [0.15, 0.2) is 10.2 Å². The highest BCUT2D eigenvalue weighted by atomic mass is 35.5. The largest absolute Gasteiger partial charge is 0.241 e. The summed E-state index contributed by atoms with van der Waals surface area (Å²) in [7, 11) is 0. The third kappa shape index (κ3) is 2.21. The fraction of sp³-hybridized carbons (Fsp3) is 0. The lowest BCUT2D eigenvalue weighted by Crippen LogP contribution is -2.08. The Labute approximate surface area is 77.4 Å². The van der Waals surface area contributed by atoms with Crippen molar-refractivity contribution in [3.63, 3.8) is 0 Å². The molecule has 0 radical (unpaired) electrons. The molecule has 0 aliphatic carbocycles. The first-order valence-corrected chi connectivity index (χ1v) is 3.57. The Bertz CT molecular complexity index is 318. The Morgan fingerprint density at radius 1 is 1.58 bits per heavy atom. The minimum absolute atomic E-state index is 0.0103. The SMILES string of the molecule is O=[N+]([O-])Nc1cc(Cl)cnc1Cl. The van der Waals surface area contributed by atoms with E-state index in [1.165, 1.54) is 12.3 Å².